The SMILES string of the molecule is COc1cc([C@H](C)N[C@@H]2CCOc3ccccc32)ccc1SC. The van der Waals surface area contributed by atoms with Gasteiger partial charge in [-0.15, -0.1) is 11.8 Å². The van der Waals surface area contributed by atoms with E-state index in [0.717, 1.165) is 24.5 Å². The summed E-state index contributed by atoms with van der Waals surface area (Å²) in [5, 5.41) is 3.74. The van der Waals surface area contributed by atoms with E-state index in [1.54, 1.807) is 18.9 Å². The fourth-order valence-electron chi connectivity index (χ4n) is 3.04. The van der Waals surface area contributed by atoms with Gasteiger partial charge >= 0.3 is 0 Å². The first-order chi connectivity index (χ1) is 11.2. The maximum absolute atomic E-state index is 5.75. The zero-order valence-electron chi connectivity index (χ0n) is 13.8. The number of thioether (sulfide) groups is 1. The third-order valence-electron chi connectivity index (χ3n) is 4.32. The van der Waals surface area contributed by atoms with Gasteiger partial charge in [0.1, 0.15) is 11.5 Å². The predicted molar refractivity (Wildman–Crippen MR) is 95.6 cm³/mol. The summed E-state index contributed by atoms with van der Waals surface area (Å²) < 4.78 is 11.2. The largest absolute Gasteiger partial charge is 0.496 e. The lowest BCUT2D eigenvalue weighted by atomic mass is 9.98. The van der Waals surface area contributed by atoms with Gasteiger partial charge in [-0.3, -0.25) is 0 Å². The lowest BCUT2D eigenvalue weighted by Gasteiger charge is -2.29. The molecule has 0 aromatic heterocycles. The summed E-state index contributed by atoms with van der Waals surface area (Å²) in [5.74, 6) is 1.94. The van der Waals surface area contributed by atoms with E-state index in [-0.39, 0.29) is 6.04 Å². The summed E-state index contributed by atoms with van der Waals surface area (Å²) in [6.07, 6.45) is 3.06. The van der Waals surface area contributed by atoms with Crippen molar-refractivity contribution in [2.45, 2.75) is 30.3 Å². The summed E-state index contributed by atoms with van der Waals surface area (Å²) in [7, 11) is 1.73. The van der Waals surface area contributed by atoms with Gasteiger partial charge < -0.3 is 14.8 Å². The molecule has 2 atom stereocenters. The van der Waals surface area contributed by atoms with E-state index in [9.17, 15) is 0 Å². The molecule has 0 unspecified atom stereocenters. The lowest BCUT2D eigenvalue weighted by Crippen LogP contribution is -2.29. The molecule has 0 saturated carbocycles. The first-order valence-electron chi connectivity index (χ1n) is 7.92. The van der Waals surface area contributed by atoms with Crippen LogP contribution in [-0.4, -0.2) is 20.0 Å². The Kier molecular flexibility index (Phi) is 5.13. The smallest absolute Gasteiger partial charge is 0.132 e. The molecule has 0 spiro atoms. The molecule has 0 fully saturated rings. The van der Waals surface area contributed by atoms with E-state index < -0.39 is 0 Å². The molecule has 0 radical (unpaired) electrons. The zero-order valence-corrected chi connectivity index (χ0v) is 14.7. The number of rotatable bonds is 5. The molecule has 122 valence electrons. The van der Waals surface area contributed by atoms with Crippen molar-refractivity contribution in [3.05, 3.63) is 53.6 Å². The Morgan fingerprint density at radius 1 is 1.26 bits per heavy atom. The summed E-state index contributed by atoms with van der Waals surface area (Å²) in [5.41, 5.74) is 2.49. The number of nitrogens with one attached hydrogen (secondary N) is 1. The summed E-state index contributed by atoms with van der Waals surface area (Å²) in [4.78, 5) is 1.17. The average molecular weight is 329 g/mol. The van der Waals surface area contributed by atoms with Crippen LogP contribution in [0.3, 0.4) is 0 Å². The topological polar surface area (TPSA) is 30.5 Å². The lowest BCUT2D eigenvalue weighted by molar-refractivity contribution is 0.246. The van der Waals surface area contributed by atoms with E-state index in [4.69, 9.17) is 9.47 Å². The van der Waals surface area contributed by atoms with Crippen molar-refractivity contribution in [1.82, 2.24) is 5.32 Å². The molecule has 1 N–H and O–H groups in total. The van der Waals surface area contributed by atoms with Crippen LogP contribution in [0.5, 0.6) is 11.5 Å². The molecule has 2 aromatic carbocycles. The standard InChI is InChI=1S/C19H23NO2S/c1-13(14-8-9-19(23-3)18(12-14)21-2)20-16-10-11-22-17-7-5-4-6-15(16)17/h4-9,12-13,16,20H,10-11H2,1-3H3/t13-,16+/m0/s1. The molecule has 0 aliphatic carbocycles. The van der Waals surface area contributed by atoms with Crippen LogP contribution in [0.4, 0.5) is 0 Å². The van der Waals surface area contributed by atoms with E-state index >= 15 is 0 Å². The summed E-state index contributed by atoms with van der Waals surface area (Å²) in [6, 6.07) is 15.3. The van der Waals surface area contributed by atoms with E-state index in [0.29, 0.717) is 6.04 Å². The van der Waals surface area contributed by atoms with E-state index in [2.05, 4.69) is 48.8 Å². The van der Waals surface area contributed by atoms with Crippen LogP contribution >= 0.6 is 11.8 Å². The maximum atomic E-state index is 5.75. The Bertz CT molecular complexity index is 674. The normalized spacial score (nSPS) is 18.0. The molecule has 4 heteroatoms. The number of hydrogen-bond acceptors (Lipinski definition) is 4. The van der Waals surface area contributed by atoms with Crippen LogP contribution in [0.15, 0.2) is 47.4 Å². The maximum Gasteiger partial charge on any atom is 0.132 e. The van der Waals surface area contributed by atoms with Crippen molar-refractivity contribution in [2.75, 3.05) is 20.0 Å². The van der Waals surface area contributed by atoms with Gasteiger partial charge in [0, 0.05) is 29.0 Å². The second-order valence-electron chi connectivity index (χ2n) is 5.73. The van der Waals surface area contributed by atoms with Crippen LogP contribution in [0.2, 0.25) is 0 Å². The van der Waals surface area contributed by atoms with Gasteiger partial charge in [0.25, 0.3) is 0 Å². The van der Waals surface area contributed by atoms with Gasteiger partial charge in [-0.05, 0) is 36.9 Å². The first-order valence-corrected chi connectivity index (χ1v) is 9.15. The van der Waals surface area contributed by atoms with Crippen molar-refractivity contribution in [3.8, 4) is 11.5 Å². The minimum Gasteiger partial charge on any atom is -0.496 e. The Hall–Kier alpha value is -1.65. The van der Waals surface area contributed by atoms with Gasteiger partial charge in [-0.2, -0.15) is 0 Å². The molecule has 23 heavy (non-hydrogen) atoms. The minimum absolute atomic E-state index is 0.246. The molecule has 1 aliphatic heterocycles. The monoisotopic (exact) mass is 329 g/mol. The third kappa shape index (κ3) is 3.48. The van der Waals surface area contributed by atoms with Crippen LogP contribution in [0.25, 0.3) is 0 Å². The van der Waals surface area contributed by atoms with Crippen molar-refractivity contribution in [1.29, 1.82) is 0 Å². The quantitative estimate of drug-likeness (QED) is 0.813. The second-order valence-corrected chi connectivity index (χ2v) is 6.58. The highest BCUT2D eigenvalue weighted by atomic mass is 32.2. The number of ether oxygens (including phenoxy) is 2. The van der Waals surface area contributed by atoms with Crippen LogP contribution in [0.1, 0.15) is 36.6 Å². The Balaban J connectivity index is 1.79. The zero-order chi connectivity index (χ0) is 16.2. The number of para-hydroxylation sites is 1. The molecular formula is C19H23NO2S. The fraction of sp³-hybridized carbons (Fsp3) is 0.368. The van der Waals surface area contributed by atoms with Gasteiger partial charge in [0.15, 0.2) is 0 Å². The van der Waals surface area contributed by atoms with Crippen molar-refractivity contribution < 1.29 is 9.47 Å². The predicted octanol–water partition coefficient (Wildman–Crippen LogP) is 4.59. The third-order valence-corrected chi connectivity index (χ3v) is 5.09. The molecule has 0 saturated heterocycles. The summed E-state index contributed by atoms with van der Waals surface area (Å²) in [6.45, 7) is 2.96. The number of fused-ring (bicyclic) bond motifs is 1. The highest BCUT2D eigenvalue weighted by Crippen LogP contribution is 2.35. The second kappa shape index (κ2) is 7.28. The molecule has 1 aliphatic rings. The van der Waals surface area contributed by atoms with Crippen LogP contribution in [-0.2, 0) is 0 Å². The molecule has 3 rings (SSSR count). The number of hydrogen-bond donors (Lipinski definition) is 1. The van der Waals surface area contributed by atoms with Crippen LogP contribution in [0, 0.1) is 0 Å². The fourth-order valence-corrected chi connectivity index (χ4v) is 3.58. The van der Waals surface area contributed by atoms with E-state index in [1.165, 1.54) is 16.0 Å². The van der Waals surface area contributed by atoms with Crippen LogP contribution < -0.4 is 14.8 Å². The van der Waals surface area contributed by atoms with Gasteiger partial charge in [-0.25, -0.2) is 0 Å². The molecule has 1 heterocycles. The average Bonchev–Trinajstić information content (AvgIpc) is 2.61. The van der Waals surface area contributed by atoms with Crippen molar-refractivity contribution in [2.24, 2.45) is 0 Å². The molecule has 2 aromatic rings. The first kappa shape index (κ1) is 16.2. The van der Waals surface area contributed by atoms with E-state index in [1.807, 2.05) is 12.1 Å². The van der Waals surface area contributed by atoms with Crippen molar-refractivity contribution >= 4 is 11.8 Å². The molecular weight excluding hydrogens is 306 g/mol. The van der Waals surface area contributed by atoms with Crippen molar-refractivity contribution in [3.63, 3.8) is 0 Å². The Labute approximate surface area is 142 Å². The molecule has 3 nitrogen and oxygen atoms in total. The molecule has 0 bridgehead atoms. The Morgan fingerprint density at radius 2 is 2.09 bits per heavy atom. The number of benzene rings is 2. The van der Waals surface area contributed by atoms with Gasteiger partial charge in [0.05, 0.1) is 13.7 Å². The Morgan fingerprint density at radius 3 is 2.87 bits per heavy atom. The summed E-state index contributed by atoms with van der Waals surface area (Å²) >= 11 is 1.70. The highest BCUT2D eigenvalue weighted by Gasteiger charge is 2.23. The van der Waals surface area contributed by atoms with Gasteiger partial charge in [0.2, 0.25) is 0 Å². The minimum atomic E-state index is 0.246. The van der Waals surface area contributed by atoms with Gasteiger partial charge in [-0.1, -0.05) is 24.3 Å². The highest BCUT2D eigenvalue weighted by molar-refractivity contribution is 7.98. The number of methoxy groups -OCH3 is 1. The molecule has 0 amide bonds.